The molecule has 1 aromatic carbocycles. The highest BCUT2D eigenvalue weighted by molar-refractivity contribution is 7.80. The van der Waals surface area contributed by atoms with E-state index in [2.05, 4.69) is 22.7 Å². The van der Waals surface area contributed by atoms with Gasteiger partial charge in [0.15, 0.2) is 5.11 Å². The van der Waals surface area contributed by atoms with Crippen molar-refractivity contribution in [1.82, 2.24) is 5.43 Å². The van der Waals surface area contributed by atoms with Crippen molar-refractivity contribution in [3.8, 4) is 5.75 Å². The van der Waals surface area contributed by atoms with E-state index in [9.17, 15) is 0 Å². The molecule has 0 fully saturated rings. The van der Waals surface area contributed by atoms with Crippen LogP contribution in [0.25, 0.3) is 0 Å². The van der Waals surface area contributed by atoms with E-state index in [1.165, 1.54) is 0 Å². The number of nitrogens with one attached hydrogen (secondary N) is 1. The molecular weight excluding hydrogens is 222 g/mol. The van der Waals surface area contributed by atoms with E-state index in [0.29, 0.717) is 6.61 Å². The second-order valence-electron chi connectivity index (χ2n) is 3.13. The molecule has 1 rings (SSSR count). The number of rotatable bonds is 4. The number of ether oxygens (including phenoxy) is 1. The summed E-state index contributed by atoms with van der Waals surface area (Å²) in [6, 6.07) is 7.67. The first-order chi connectivity index (χ1) is 7.63. The molecule has 1 aromatic rings. The predicted molar refractivity (Wildman–Crippen MR) is 69.7 cm³/mol. The lowest BCUT2D eigenvalue weighted by Crippen LogP contribution is -2.25. The largest absolute Gasteiger partial charge is 0.494 e. The van der Waals surface area contributed by atoms with Crippen LogP contribution >= 0.6 is 12.2 Å². The third kappa shape index (κ3) is 3.86. The van der Waals surface area contributed by atoms with Gasteiger partial charge in [-0.25, -0.2) is 0 Å². The van der Waals surface area contributed by atoms with Crippen LogP contribution in [0.1, 0.15) is 19.4 Å². The number of nitrogens with two attached hydrogens (primary N) is 1. The number of hydrogen-bond donors (Lipinski definition) is 2. The summed E-state index contributed by atoms with van der Waals surface area (Å²) in [5.41, 5.74) is 9.63. The van der Waals surface area contributed by atoms with Crippen molar-refractivity contribution in [3.05, 3.63) is 29.8 Å². The first-order valence-corrected chi connectivity index (χ1v) is 5.37. The van der Waals surface area contributed by atoms with Crippen molar-refractivity contribution < 1.29 is 4.74 Å². The zero-order valence-electron chi connectivity index (χ0n) is 9.36. The third-order valence-corrected chi connectivity index (χ3v) is 2.01. The van der Waals surface area contributed by atoms with Crippen molar-refractivity contribution in [2.24, 2.45) is 10.8 Å². The van der Waals surface area contributed by atoms with Crippen molar-refractivity contribution >= 4 is 23.0 Å². The Morgan fingerprint density at radius 1 is 1.44 bits per heavy atom. The molecule has 0 radical (unpaired) electrons. The molecule has 4 nitrogen and oxygen atoms in total. The second kappa shape index (κ2) is 6.07. The quantitative estimate of drug-likeness (QED) is 0.475. The van der Waals surface area contributed by atoms with Crippen molar-refractivity contribution in [1.29, 1.82) is 0 Å². The minimum absolute atomic E-state index is 0.158. The van der Waals surface area contributed by atoms with Crippen LogP contribution in [0.2, 0.25) is 0 Å². The average molecular weight is 237 g/mol. The Morgan fingerprint density at radius 3 is 2.56 bits per heavy atom. The molecule has 86 valence electrons. The Kier molecular flexibility index (Phi) is 4.72. The summed E-state index contributed by atoms with van der Waals surface area (Å²) >= 11 is 4.66. The molecule has 0 saturated carbocycles. The Hall–Kier alpha value is -1.62. The monoisotopic (exact) mass is 237 g/mol. The molecule has 0 heterocycles. The maximum absolute atomic E-state index is 5.34. The zero-order valence-corrected chi connectivity index (χ0v) is 10.2. The van der Waals surface area contributed by atoms with E-state index in [1.54, 1.807) is 0 Å². The lowest BCUT2D eigenvalue weighted by Gasteiger charge is -2.05. The number of nitrogens with zero attached hydrogens (tertiary/aromatic N) is 1. The van der Waals surface area contributed by atoms with Gasteiger partial charge in [-0.1, -0.05) is 0 Å². The highest BCUT2D eigenvalue weighted by Crippen LogP contribution is 2.12. The van der Waals surface area contributed by atoms with E-state index in [4.69, 9.17) is 10.5 Å². The summed E-state index contributed by atoms with van der Waals surface area (Å²) in [5, 5.41) is 4.19. The fourth-order valence-electron chi connectivity index (χ4n) is 1.16. The molecule has 0 aliphatic heterocycles. The van der Waals surface area contributed by atoms with Gasteiger partial charge >= 0.3 is 0 Å². The highest BCUT2D eigenvalue weighted by Gasteiger charge is 1.98. The summed E-state index contributed by atoms with van der Waals surface area (Å²) in [7, 11) is 0. The Morgan fingerprint density at radius 2 is 2.06 bits per heavy atom. The van der Waals surface area contributed by atoms with Gasteiger partial charge in [-0.3, -0.25) is 5.43 Å². The molecular formula is C11H15N3OS. The standard InChI is InChI=1S/C11H15N3OS/c1-3-15-10-6-4-9(5-7-10)8(2)13-14-11(12)16/h4-7H,3H2,1-2H3,(H3,12,14,16)/b13-8-. The minimum atomic E-state index is 0.158. The molecule has 0 amide bonds. The summed E-state index contributed by atoms with van der Waals surface area (Å²) in [6.45, 7) is 4.49. The Bertz CT molecular complexity index is 387. The maximum atomic E-state index is 5.34. The topological polar surface area (TPSA) is 59.6 Å². The smallest absolute Gasteiger partial charge is 0.184 e. The lowest BCUT2D eigenvalue weighted by molar-refractivity contribution is 0.340. The first kappa shape index (κ1) is 12.4. The number of thiocarbonyl (C=S) groups is 1. The van der Waals surface area contributed by atoms with Crippen LogP contribution in [0, 0.1) is 0 Å². The van der Waals surface area contributed by atoms with Crippen molar-refractivity contribution in [2.45, 2.75) is 13.8 Å². The molecule has 0 aliphatic rings. The summed E-state index contributed by atoms with van der Waals surface area (Å²) in [5.74, 6) is 0.848. The number of hydrazone groups is 1. The minimum Gasteiger partial charge on any atom is -0.494 e. The fraction of sp³-hybridized carbons (Fsp3) is 0.273. The van der Waals surface area contributed by atoms with E-state index in [-0.39, 0.29) is 5.11 Å². The van der Waals surface area contributed by atoms with Gasteiger partial charge in [-0.2, -0.15) is 5.10 Å². The second-order valence-corrected chi connectivity index (χ2v) is 3.57. The van der Waals surface area contributed by atoms with Gasteiger partial charge in [0.2, 0.25) is 0 Å². The van der Waals surface area contributed by atoms with Gasteiger partial charge < -0.3 is 10.5 Å². The van der Waals surface area contributed by atoms with Crippen molar-refractivity contribution in [2.75, 3.05) is 6.61 Å². The van der Waals surface area contributed by atoms with Crippen LogP contribution in [0.15, 0.2) is 29.4 Å². The summed E-state index contributed by atoms with van der Waals surface area (Å²) in [4.78, 5) is 0. The Labute approximate surface area is 100 Å². The summed E-state index contributed by atoms with van der Waals surface area (Å²) in [6.07, 6.45) is 0. The molecule has 0 atom stereocenters. The molecule has 3 N–H and O–H groups in total. The molecule has 0 unspecified atom stereocenters. The van der Waals surface area contributed by atoms with Gasteiger partial charge in [0.25, 0.3) is 0 Å². The van der Waals surface area contributed by atoms with Gasteiger partial charge in [0, 0.05) is 0 Å². The third-order valence-electron chi connectivity index (χ3n) is 1.92. The predicted octanol–water partition coefficient (Wildman–Crippen LogP) is 1.64. The molecule has 0 aliphatic carbocycles. The van der Waals surface area contributed by atoms with E-state index in [1.807, 2.05) is 38.1 Å². The van der Waals surface area contributed by atoms with E-state index < -0.39 is 0 Å². The molecule has 0 saturated heterocycles. The van der Waals surface area contributed by atoms with Crippen LogP contribution in [0.4, 0.5) is 0 Å². The normalized spacial score (nSPS) is 11.0. The Balaban J connectivity index is 2.73. The average Bonchev–Trinajstić information content (AvgIpc) is 2.27. The zero-order chi connectivity index (χ0) is 12.0. The van der Waals surface area contributed by atoms with Gasteiger partial charge in [-0.05, 0) is 55.9 Å². The van der Waals surface area contributed by atoms with Crippen LogP contribution in [-0.4, -0.2) is 17.4 Å². The van der Waals surface area contributed by atoms with Gasteiger partial charge in [0.1, 0.15) is 5.75 Å². The molecule has 0 spiro atoms. The van der Waals surface area contributed by atoms with Crippen LogP contribution < -0.4 is 15.9 Å². The summed E-state index contributed by atoms with van der Waals surface area (Å²) < 4.78 is 5.34. The van der Waals surface area contributed by atoms with Gasteiger partial charge in [0.05, 0.1) is 12.3 Å². The molecule has 5 heteroatoms. The van der Waals surface area contributed by atoms with Crippen LogP contribution in [0.5, 0.6) is 5.75 Å². The van der Waals surface area contributed by atoms with Gasteiger partial charge in [-0.15, -0.1) is 0 Å². The molecule has 0 aromatic heterocycles. The number of hydrogen-bond acceptors (Lipinski definition) is 3. The SMILES string of the molecule is CCOc1ccc(/C(C)=N\NC(N)=S)cc1. The lowest BCUT2D eigenvalue weighted by atomic mass is 10.1. The van der Waals surface area contributed by atoms with Crippen LogP contribution in [-0.2, 0) is 0 Å². The fourth-order valence-corrected chi connectivity index (χ4v) is 1.21. The van der Waals surface area contributed by atoms with Crippen molar-refractivity contribution in [3.63, 3.8) is 0 Å². The van der Waals surface area contributed by atoms with Crippen LogP contribution in [0.3, 0.4) is 0 Å². The number of benzene rings is 1. The first-order valence-electron chi connectivity index (χ1n) is 4.96. The molecule has 0 bridgehead atoms. The maximum Gasteiger partial charge on any atom is 0.184 e. The highest BCUT2D eigenvalue weighted by atomic mass is 32.1. The van der Waals surface area contributed by atoms with E-state index >= 15 is 0 Å². The van der Waals surface area contributed by atoms with E-state index in [0.717, 1.165) is 17.0 Å². The molecule has 16 heavy (non-hydrogen) atoms.